The number of benzene rings is 1. The summed E-state index contributed by atoms with van der Waals surface area (Å²) < 4.78 is 5.00. The summed E-state index contributed by atoms with van der Waals surface area (Å²) in [5, 5.41) is 0. The van der Waals surface area contributed by atoms with Gasteiger partial charge >= 0.3 is 5.97 Å². The number of hydrogen-bond acceptors (Lipinski definition) is 2. The summed E-state index contributed by atoms with van der Waals surface area (Å²) in [6.45, 7) is 4.40. The lowest BCUT2D eigenvalue weighted by Gasteiger charge is -2.01. The van der Waals surface area contributed by atoms with Crippen molar-refractivity contribution < 1.29 is 9.53 Å². The highest BCUT2D eigenvalue weighted by Crippen LogP contribution is 2.48. The van der Waals surface area contributed by atoms with Gasteiger partial charge in [-0.1, -0.05) is 29.8 Å². The van der Waals surface area contributed by atoms with Crippen molar-refractivity contribution in [3.8, 4) is 0 Å². The smallest absolute Gasteiger partial charge is 0.309 e. The highest BCUT2D eigenvalue weighted by atomic mass is 16.5. The van der Waals surface area contributed by atoms with Crippen LogP contribution in [0.1, 0.15) is 30.4 Å². The summed E-state index contributed by atoms with van der Waals surface area (Å²) in [7, 11) is 0. The second-order valence-corrected chi connectivity index (χ2v) is 4.11. The molecule has 2 rings (SSSR count). The normalized spacial score (nSPS) is 23.6. The molecule has 2 heteroatoms. The molecule has 0 spiro atoms. The minimum Gasteiger partial charge on any atom is -0.466 e. The molecular formula is C13H16O2. The van der Waals surface area contributed by atoms with E-state index in [1.54, 1.807) is 0 Å². The van der Waals surface area contributed by atoms with Crippen LogP contribution >= 0.6 is 0 Å². The van der Waals surface area contributed by atoms with Crippen LogP contribution in [0.4, 0.5) is 0 Å². The van der Waals surface area contributed by atoms with E-state index >= 15 is 0 Å². The van der Waals surface area contributed by atoms with E-state index in [0.717, 1.165) is 6.42 Å². The van der Waals surface area contributed by atoms with Crippen molar-refractivity contribution in [2.45, 2.75) is 26.2 Å². The van der Waals surface area contributed by atoms with Gasteiger partial charge in [0.2, 0.25) is 0 Å². The Kier molecular flexibility index (Phi) is 2.76. The number of ether oxygens (including phenoxy) is 1. The standard InChI is InChI=1S/C13H16O2/c1-3-15-13(14)12-8-11(12)10-6-4-9(2)5-7-10/h4-7,11-12H,3,8H2,1-2H3/t11-,12+/m1/s1. The molecule has 0 aromatic heterocycles. The molecule has 2 atom stereocenters. The largest absolute Gasteiger partial charge is 0.466 e. The van der Waals surface area contributed by atoms with Crippen molar-refractivity contribution in [2.24, 2.45) is 5.92 Å². The zero-order valence-corrected chi connectivity index (χ0v) is 9.19. The lowest BCUT2D eigenvalue weighted by molar-refractivity contribution is -0.144. The minimum absolute atomic E-state index is 0.0388. The van der Waals surface area contributed by atoms with Crippen LogP contribution in [0.15, 0.2) is 24.3 Å². The van der Waals surface area contributed by atoms with Gasteiger partial charge in [0.1, 0.15) is 0 Å². The van der Waals surface area contributed by atoms with Gasteiger partial charge in [-0.05, 0) is 31.7 Å². The second kappa shape index (κ2) is 4.05. The predicted molar refractivity (Wildman–Crippen MR) is 58.7 cm³/mol. The van der Waals surface area contributed by atoms with Crippen LogP contribution in [0.3, 0.4) is 0 Å². The summed E-state index contributed by atoms with van der Waals surface area (Å²) in [6, 6.07) is 8.41. The lowest BCUT2D eigenvalue weighted by Crippen LogP contribution is -2.07. The van der Waals surface area contributed by atoms with Gasteiger partial charge in [-0.15, -0.1) is 0 Å². The minimum atomic E-state index is -0.0388. The molecule has 0 bridgehead atoms. The van der Waals surface area contributed by atoms with Crippen LogP contribution in [0.5, 0.6) is 0 Å². The molecule has 15 heavy (non-hydrogen) atoms. The Hall–Kier alpha value is -1.31. The fraction of sp³-hybridized carbons (Fsp3) is 0.462. The van der Waals surface area contributed by atoms with E-state index in [0.29, 0.717) is 12.5 Å². The highest BCUT2D eigenvalue weighted by molar-refractivity contribution is 5.77. The van der Waals surface area contributed by atoms with E-state index in [1.165, 1.54) is 11.1 Å². The van der Waals surface area contributed by atoms with Crippen molar-refractivity contribution in [3.05, 3.63) is 35.4 Å². The Morgan fingerprint density at radius 1 is 1.40 bits per heavy atom. The van der Waals surface area contributed by atoms with Crippen molar-refractivity contribution in [3.63, 3.8) is 0 Å². The molecule has 1 aliphatic carbocycles. The van der Waals surface area contributed by atoms with E-state index in [2.05, 4.69) is 31.2 Å². The van der Waals surface area contributed by atoms with Crippen molar-refractivity contribution in [1.82, 2.24) is 0 Å². The molecule has 1 aliphatic rings. The van der Waals surface area contributed by atoms with E-state index < -0.39 is 0 Å². The summed E-state index contributed by atoms with van der Waals surface area (Å²) >= 11 is 0. The zero-order chi connectivity index (χ0) is 10.8. The third-order valence-electron chi connectivity index (χ3n) is 2.89. The predicted octanol–water partition coefficient (Wildman–Crippen LogP) is 2.66. The molecule has 80 valence electrons. The summed E-state index contributed by atoms with van der Waals surface area (Å²) in [5.74, 6) is 0.459. The number of carbonyl (C=O) groups excluding carboxylic acids is 1. The first-order valence-corrected chi connectivity index (χ1v) is 5.45. The van der Waals surface area contributed by atoms with Gasteiger partial charge in [-0.25, -0.2) is 0 Å². The average molecular weight is 204 g/mol. The van der Waals surface area contributed by atoms with Gasteiger partial charge < -0.3 is 4.74 Å². The molecule has 1 saturated carbocycles. The topological polar surface area (TPSA) is 26.3 Å². The van der Waals surface area contributed by atoms with Gasteiger partial charge in [0.15, 0.2) is 0 Å². The first-order valence-electron chi connectivity index (χ1n) is 5.45. The van der Waals surface area contributed by atoms with Gasteiger partial charge in [0.25, 0.3) is 0 Å². The monoisotopic (exact) mass is 204 g/mol. The van der Waals surface area contributed by atoms with Crippen LogP contribution < -0.4 is 0 Å². The van der Waals surface area contributed by atoms with E-state index in [9.17, 15) is 4.79 Å². The van der Waals surface area contributed by atoms with Crippen LogP contribution in [0, 0.1) is 12.8 Å². The number of carbonyl (C=O) groups is 1. The van der Waals surface area contributed by atoms with Crippen molar-refractivity contribution in [1.29, 1.82) is 0 Å². The summed E-state index contributed by atoms with van der Waals surface area (Å²) in [4.78, 5) is 11.4. The van der Waals surface area contributed by atoms with Gasteiger partial charge in [-0.2, -0.15) is 0 Å². The first-order chi connectivity index (χ1) is 7.22. The third-order valence-corrected chi connectivity index (χ3v) is 2.89. The molecule has 1 aromatic rings. The molecule has 0 amide bonds. The van der Waals surface area contributed by atoms with Gasteiger partial charge in [-0.3, -0.25) is 4.79 Å². The molecular weight excluding hydrogens is 188 g/mol. The molecule has 0 N–H and O–H groups in total. The number of hydrogen-bond donors (Lipinski definition) is 0. The Bertz CT molecular complexity index is 353. The molecule has 0 radical (unpaired) electrons. The Morgan fingerprint density at radius 3 is 2.67 bits per heavy atom. The number of aryl methyl sites for hydroxylation is 1. The van der Waals surface area contributed by atoms with Crippen molar-refractivity contribution in [2.75, 3.05) is 6.61 Å². The van der Waals surface area contributed by atoms with Crippen LogP contribution in [0.2, 0.25) is 0 Å². The highest BCUT2D eigenvalue weighted by Gasteiger charge is 2.44. The number of rotatable bonds is 3. The van der Waals surface area contributed by atoms with Crippen LogP contribution in [-0.4, -0.2) is 12.6 Å². The Morgan fingerprint density at radius 2 is 2.07 bits per heavy atom. The lowest BCUT2D eigenvalue weighted by atomic mass is 10.1. The molecule has 0 saturated heterocycles. The molecule has 2 nitrogen and oxygen atoms in total. The Labute approximate surface area is 90.3 Å². The summed E-state index contributed by atoms with van der Waals surface area (Å²) in [5.41, 5.74) is 2.52. The van der Waals surface area contributed by atoms with Gasteiger partial charge in [0, 0.05) is 0 Å². The molecule has 0 aliphatic heterocycles. The van der Waals surface area contributed by atoms with Gasteiger partial charge in [0.05, 0.1) is 12.5 Å². The number of esters is 1. The quantitative estimate of drug-likeness (QED) is 0.707. The van der Waals surface area contributed by atoms with Crippen molar-refractivity contribution >= 4 is 5.97 Å². The maximum atomic E-state index is 11.4. The first kappa shape index (κ1) is 10.2. The molecule has 0 heterocycles. The zero-order valence-electron chi connectivity index (χ0n) is 9.19. The SMILES string of the molecule is CCOC(=O)[C@H]1C[C@@H]1c1ccc(C)cc1. The maximum Gasteiger partial charge on any atom is 0.309 e. The molecule has 1 fully saturated rings. The second-order valence-electron chi connectivity index (χ2n) is 4.11. The fourth-order valence-corrected chi connectivity index (χ4v) is 1.89. The third kappa shape index (κ3) is 2.20. The molecule has 0 unspecified atom stereocenters. The maximum absolute atomic E-state index is 11.4. The summed E-state index contributed by atoms with van der Waals surface area (Å²) in [6.07, 6.45) is 0.946. The van der Waals surface area contributed by atoms with E-state index in [1.807, 2.05) is 6.92 Å². The Balaban J connectivity index is 1.98. The average Bonchev–Trinajstić information content (AvgIpc) is 2.99. The molecule has 1 aromatic carbocycles. The van der Waals surface area contributed by atoms with Crippen LogP contribution in [-0.2, 0) is 9.53 Å². The van der Waals surface area contributed by atoms with Crippen LogP contribution in [0.25, 0.3) is 0 Å². The van der Waals surface area contributed by atoms with E-state index in [-0.39, 0.29) is 11.9 Å². The fourth-order valence-electron chi connectivity index (χ4n) is 1.89. The van der Waals surface area contributed by atoms with E-state index in [4.69, 9.17) is 4.74 Å².